The normalized spacial score (nSPS) is 26.9. The Morgan fingerprint density at radius 2 is 1.56 bits per heavy atom. The zero-order chi connectivity index (χ0) is 29.9. The number of hydrogen-bond donors (Lipinski definition) is 6. The molecule has 0 aliphatic heterocycles. The van der Waals surface area contributed by atoms with E-state index in [0.717, 1.165) is 31.1 Å². The van der Waals surface area contributed by atoms with Crippen LogP contribution in [0.25, 0.3) is 0 Å². The third kappa shape index (κ3) is 8.30. The van der Waals surface area contributed by atoms with Gasteiger partial charge in [0.05, 0.1) is 12.0 Å². The van der Waals surface area contributed by atoms with Crippen LogP contribution in [0.15, 0.2) is 24.3 Å². The van der Waals surface area contributed by atoms with Crippen LogP contribution < -0.4 is 20.5 Å². The highest BCUT2D eigenvalue weighted by Crippen LogP contribution is 2.61. The van der Waals surface area contributed by atoms with Crippen molar-refractivity contribution in [3.63, 3.8) is 0 Å². The van der Waals surface area contributed by atoms with E-state index >= 15 is 0 Å². The zero-order valence-corrected chi connectivity index (χ0v) is 24.3. The molecule has 0 spiro atoms. The molecule has 4 saturated carbocycles. The van der Waals surface area contributed by atoms with Gasteiger partial charge >= 0.3 is 13.8 Å². The fourth-order valence-corrected chi connectivity index (χ4v) is 7.95. The van der Waals surface area contributed by atoms with Crippen molar-refractivity contribution in [1.82, 2.24) is 16.0 Å². The van der Waals surface area contributed by atoms with Gasteiger partial charge in [0.15, 0.2) is 0 Å². The van der Waals surface area contributed by atoms with Crippen LogP contribution in [0.2, 0.25) is 0 Å². The molecule has 4 aliphatic carbocycles. The molecule has 4 aliphatic rings. The molecule has 3 amide bonds. The van der Waals surface area contributed by atoms with Crippen LogP contribution in [0.4, 0.5) is 0 Å². The predicted molar refractivity (Wildman–Crippen MR) is 148 cm³/mol. The number of carboxylic acid groups (broad SMARTS) is 1. The maximum atomic E-state index is 13.1. The molecule has 1 aromatic carbocycles. The third-order valence-electron chi connectivity index (χ3n) is 8.90. The first-order valence-electron chi connectivity index (χ1n) is 14.1. The van der Waals surface area contributed by atoms with E-state index in [9.17, 15) is 28.8 Å². The van der Waals surface area contributed by atoms with Crippen LogP contribution in [0, 0.1) is 23.2 Å². The average Bonchev–Trinajstić information content (AvgIpc) is 2.84. The number of hydrogen-bond acceptors (Lipinski definition) is 6. The highest BCUT2D eigenvalue weighted by atomic mass is 31.2. The van der Waals surface area contributed by atoms with E-state index in [-0.39, 0.29) is 17.6 Å². The molecule has 4 fully saturated rings. The summed E-state index contributed by atoms with van der Waals surface area (Å²) in [5, 5.41) is 17.7. The number of carbonyl (C=O) groups excluding carboxylic acids is 3. The molecule has 13 heteroatoms. The van der Waals surface area contributed by atoms with E-state index in [1.54, 1.807) is 6.92 Å². The van der Waals surface area contributed by atoms with Crippen molar-refractivity contribution >= 4 is 31.5 Å². The van der Waals surface area contributed by atoms with Gasteiger partial charge in [0.1, 0.15) is 11.8 Å². The lowest BCUT2D eigenvalue weighted by atomic mass is 9.49. The van der Waals surface area contributed by atoms with Crippen LogP contribution in [-0.4, -0.2) is 57.2 Å². The minimum Gasteiger partial charge on any atom is -0.480 e. The van der Waals surface area contributed by atoms with Crippen molar-refractivity contribution < 1.29 is 43.2 Å². The van der Waals surface area contributed by atoms with Crippen LogP contribution in [0.1, 0.15) is 76.7 Å². The lowest BCUT2D eigenvalue weighted by Crippen LogP contribution is -2.57. The zero-order valence-electron chi connectivity index (χ0n) is 23.4. The van der Waals surface area contributed by atoms with E-state index < -0.39 is 49.5 Å². The molecule has 5 rings (SSSR count). The molecule has 0 saturated heterocycles. The van der Waals surface area contributed by atoms with Gasteiger partial charge in [-0.25, -0.2) is 9.36 Å². The number of rotatable bonds is 13. The second-order valence-corrected chi connectivity index (χ2v) is 13.4. The Bertz CT molecular complexity index is 1160. The third-order valence-corrected chi connectivity index (χ3v) is 9.35. The summed E-state index contributed by atoms with van der Waals surface area (Å²) in [4.78, 5) is 67.8. The molecule has 3 atom stereocenters. The summed E-state index contributed by atoms with van der Waals surface area (Å²) in [5.74, 6) is -1.53. The van der Waals surface area contributed by atoms with Crippen molar-refractivity contribution in [3.05, 3.63) is 29.8 Å². The van der Waals surface area contributed by atoms with E-state index in [1.165, 1.54) is 62.8 Å². The number of nitrogens with one attached hydrogen (secondary N) is 3. The standard InChI is InChI=1S/C28H40N3O9P/c1-16(21-3-5-22(6-4-21)40-41(37,38)39)26(34)31-23(25(27(35)36)30-17(2)32)12-24(33)29-8-7-28-13-18-9-19(14-28)11-20(10-18)15-28/h3-6,16,18-20,23,25H,7-15H2,1-2H3,(H,29,33)(H,30,32)(H,31,34)(H,35,36)(H2,37,38,39). The minimum absolute atomic E-state index is 0.0885. The summed E-state index contributed by atoms with van der Waals surface area (Å²) < 4.78 is 15.6. The van der Waals surface area contributed by atoms with E-state index in [4.69, 9.17) is 9.79 Å². The van der Waals surface area contributed by atoms with Crippen molar-refractivity contribution in [1.29, 1.82) is 0 Å². The first-order valence-corrected chi connectivity index (χ1v) is 15.7. The van der Waals surface area contributed by atoms with Gasteiger partial charge in [-0.05, 0) is 92.7 Å². The van der Waals surface area contributed by atoms with Gasteiger partial charge in [0, 0.05) is 19.9 Å². The number of aliphatic carboxylic acids is 1. The first kappa shape index (κ1) is 31.0. The molecule has 0 aromatic heterocycles. The smallest absolute Gasteiger partial charge is 0.480 e. The minimum atomic E-state index is -4.74. The molecule has 12 nitrogen and oxygen atoms in total. The van der Waals surface area contributed by atoms with Gasteiger partial charge in [-0.1, -0.05) is 12.1 Å². The van der Waals surface area contributed by atoms with Crippen molar-refractivity contribution in [2.75, 3.05) is 6.54 Å². The Morgan fingerprint density at radius 1 is 1.00 bits per heavy atom. The van der Waals surface area contributed by atoms with Gasteiger partial charge in [-0.2, -0.15) is 0 Å². The second kappa shape index (κ2) is 12.5. The predicted octanol–water partition coefficient (Wildman–Crippen LogP) is 2.45. The highest BCUT2D eigenvalue weighted by Gasteiger charge is 2.50. The molecule has 1 aromatic rings. The van der Waals surface area contributed by atoms with E-state index in [0.29, 0.717) is 12.1 Å². The first-order chi connectivity index (χ1) is 19.2. The van der Waals surface area contributed by atoms with Crippen molar-refractivity contribution in [3.8, 4) is 5.75 Å². The average molecular weight is 594 g/mol. The Balaban J connectivity index is 1.38. The van der Waals surface area contributed by atoms with Crippen LogP contribution in [0.5, 0.6) is 5.75 Å². The number of phosphoric acid groups is 1. The Morgan fingerprint density at radius 3 is 2.05 bits per heavy atom. The van der Waals surface area contributed by atoms with Gasteiger partial charge in [0.25, 0.3) is 0 Å². The monoisotopic (exact) mass is 593 g/mol. The fraction of sp³-hybridized carbons (Fsp3) is 0.643. The largest absolute Gasteiger partial charge is 0.524 e. The number of benzene rings is 1. The summed E-state index contributed by atoms with van der Waals surface area (Å²) >= 11 is 0. The van der Waals surface area contributed by atoms with Gasteiger partial charge in [-0.3, -0.25) is 24.2 Å². The molecule has 0 heterocycles. The van der Waals surface area contributed by atoms with Crippen LogP contribution >= 0.6 is 7.82 Å². The Kier molecular flexibility index (Phi) is 9.45. The molecular formula is C28H40N3O9P. The number of amides is 3. The molecule has 3 unspecified atom stereocenters. The fourth-order valence-electron chi connectivity index (χ4n) is 7.55. The highest BCUT2D eigenvalue weighted by molar-refractivity contribution is 7.46. The number of carbonyl (C=O) groups is 4. The molecule has 6 N–H and O–H groups in total. The topological polar surface area (TPSA) is 191 Å². The lowest BCUT2D eigenvalue weighted by Gasteiger charge is -2.57. The van der Waals surface area contributed by atoms with Crippen LogP contribution in [0.3, 0.4) is 0 Å². The summed E-state index contributed by atoms with van der Waals surface area (Å²) in [5.41, 5.74) is 0.738. The molecular weight excluding hydrogens is 553 g/mol. The van der Waals surface area contributed by atoms with Gasteiger partial charge in [-0.15, -0.1) is 0 Å². The van der Waals surface area contributed by atoms with Crippen LogP contribution in [-0.2, 0) is 23.7 Å². The Labute approximate surface area is 239 Å². The van der Waals surface area contributed by atoms with E-state index in [2.05, 4.69) is 20.5 Å². The molecule has 226 valence electrons. The summed E-state index contributed by atoms with van der Waals surface area (Å²) in [6.45, 7) is 3.19. The van der Waals surface area contributed by atoms with E-state index in [1.807, 2.05) is 0 Å². The quantitative estimate of drug-likeness (QED) is 0.187. The van der Waals surface area contributed by atoms with Gasteiger partial charge in [0.2, 0.25) is 17.7 Å². The SMILES string of the molecule is CC(=O)NC(C(=O)O)C(CC(=O)NCCC12CC3CC(CC(C3)C1)C2)NC(=O)C(C)c1ccc(OP(=O)(O)O)cc1. The van der Waals surface area contributed by atoms with Crippen molar-refractivity contribution in [2.45, 2.75) is 83.2 Å². The maximum Gasteiger partial charge on any atom is 0.524 e. The second-order valence-electron chi connectivity index (χ2n) is 12.2. The van der Waals surface area contributed by atoms with Crippen molar-refractivity contribution in [2.24, 2.45) is 23.2 Å². The Hall–Kier alpha value is -2.95. The molecule has 4 bridgehead atoms. The molecule has 41 heavy (non-hydrogen) atoms. The number of phosphoric ester groups is 1. The van der Waals surface area contributed by atoms with Gasteiger partial charge < -0.3 is 25.6 Å². The molecule has 0 radical (unpaired) electrons. The lowest BCUT2D eigenvalue weighted by molar-refractivity contribution is -0.143. The summed E-state index contributed by atoms with van der Waals surface area (Å²) in [6.07, 6.45) is 8.16. The maximum absolute atomic E-state index is 13.1. The summed E-state index contributed by atoms with van der Waals surface area (Å²) in [6, 6.07) is 2.74. The summed E-state index contributed by atoms with van der Waals surface area (Å²) in [7, 11) is -4.74. The number of carboxylic acids is 1.